The minimum absolute atomic E-state index is 0.0903. The first kappa shape index (κ1) is 11.1. The molecular formula is C11H13NO3. The van der Waals surface area contributed by atoms with Crippen LogP contribution >= 0.6 is 0 Å². The van der Waals surface area contributed by atoms with Crippen LogP contribution < -0.4 is 4.74 Å². The third kappa shape index (κ3) is 2.49. The molecule has 1 aromatic carbocycles. The number of rotatable bonds is 4. The predicted octanol–water partition coefficient (Wildman–Crippen LogP) is 1.94. The lowest BCUT2D eigenvalue weighted by molar-refractivity contribution is 0.321. The molecule has 80 valence electrons. The van der Waals surface area contributed by atoms with Crippen LogP contribution in [-0.4, -0.2) is 23.6 Å². The van der Waals surface area contributed by atoms with Gasteiger partial charge in [-0.15, -0.1) is 6.58 Å². The van der Waals surface area contributed by atoms with Crippen LogP contribution in [0.2, 0.25) is 0 Å². The zero-order chi connectivity index (χ0) is 11.3. The van der Waals surface area contributed by atoms with Gasteiger partial charge in [0, 0.05) is 11.1 Å². The summed E-state index contributed by atoms with van der Waals surface area (Å²) < 4.78 is 4.99. The van der Waals surface area contributed by atoms with Gasteiger partial charge in [-0.3, -0.25) is 0 Å². The summed E-state index contributed by atoms with van der Waals surface area (Å²) in [6, 6.07) is 3.29. The second kappa shape index (κ2) is 5.05. The molecule has 0 aromatic heterocycles. The SMILES string of the molecule is C=CCc1cc(C=NO)cc(OC)c1O. The van der Waals surface area contributed by atoms with Gasteiger partial charge in [-0.2, -0.15) is 0 Å². The Kier molecular flexibility index (Phi) is 3.74. The van der Waals surface area contributed by atoms with Crippen LogP contribution in [0.4, 0.5) is 0 Å². The molecule has 0 amide bonds. The van der Waals surface area contributed by atoms with Crippen molar-refractivity contribution in [3.8, 4) is 11.5 Å². The molecule has 0 aliphatic carbocycles. The highest BCUT2D eigenvalue weighted by molar-refractivity contribution is 5.81. The Labute approximate surface area is 88.1 Å². The molecule has 4 nitrogen and oxygen atoms in total. The van der Waals surface area contributed by atoms with Crippen LogP contribution in [0.1, 0.15) is 11.1 Å². The number of phenolic OH excluding ortho intramolecular Hbond substituents is 1. The number of methoxy groups -OCH3 is 1. The van der Waals surface area contributed by atoms with Gasteiger partial charge in [0.25, 0.3) is 0 Å². The molecule has 0 heterocycles. The highest BCUT2D eigenvalue weighted by atomic mass is 16.5. The Hall–Kier alpha value is -1.97. The van der Waals surface area contributed by atoms with E-state index in [-0.39, 0.29) is 5.75 Å². The molecule has 0 bridgehead atoms. The summed E-state index contributed by atoms with van der Waals surface area (Å²) in [7, 11) is 1.46. The Balaban J connectivity index is 3.24. The topological polar surface area (TPSA) is 62.1 Å². The zero-order valence-corrected chi connectivity index (χ0v) is 8.47. The van der Waals surface area contributed by atoms with Crippen molar-refractivity contribution >= 4 is 6.21 Å². The van der Waals surface area contributed by atoms with Gasteiger partial charge in [-0.05, 0) is 18.6 Å². The van der Waals surface area contributed by atoms with E-state index in [2.05, 4.69) is 11.7 Å². The summed E-state index contributed by atoms with van der Waals surface area (Å²) in [6.07, 6.45) is 3.47. The maximum atomic E-state index is 9.73. The first-order chi connectivity index (χ1) is 7.22. The minimum Gasteiger partial charge on any atom is -0.504 e. The third-order valence-electron chi connectivity index (χ3n) is 1.97. The van der Waals surface area contributed by atoms with Crippen molar-refractivity contribution in [2.24, 2.45) is 5.16 Å². The highest BCUT2D eigenvalue weighted by Crippen LogP contribution is 2.31. The van der Waals surface area contributed by atoms with E-state index in [1.807, 2.05) is 0 Å². The molecular weight excluding hydrogens is 194 g/mol. The predicted molar refractivity (Wildman–Crippen MR) is 57.9 cm³/mol. The van der Waals surface area contributed by atoms with E-state index >= 15 is 0 Å². The van der Waals surface area contributed by atoms with Gasteiger partial charge in [-0.1, -0.05) is 11.2 Å². The summed E-state index contributed by atoms with van der Waals surface area (Å²) in [5.74, 6) is 0.441. The molecule has 0 aliphatic heterocycles. The fourth-order valence-electron chi connectivity index (χ4n) is 1.30. The van der Waals surface area contributed by atoms with Gasteiger partial charge in [0.05, 0.1) is 13.3 Å². The second-order valence-electron chi connectivity index (χ2n) is 2.97. The van der Waals surface area contributed by atoms with Crippen LogP contribution in [0.3, 0.4) is 0 Å². The Morgan fingerprint density at radius 1 is 1.53 bits per heavy atom. The smallest absolute Gasteiger partial charge is 0.161 e. The lowest BCUT2D eigenvalue weighted by Crippen LogP contribution is -1.92. The van der Waals surface area contributed by atoms with E-state index in [1.54, 1.807) is 18.2 Å². The molecule has 0 saturated heterocycles. The summed E-state index contributed by atoms with van der Waals surface area (Å²) in [5, 5.41) is 21.1. The number of aromatic hydroxyl groups is 1. The van der Waals surface area contributed by atoms with Crippen molar-refractivity contribution in [1.82, 2.24) is 0 Å². The molecule has 1 aromatic rings. The maximum absolute atomic E-state index is 9.73. The first-order valence-electron chi connectivity index (χ1n) is 4.41. The number of benzene rings is 1. The monoisotopic (exact) mass is 207 g/mol. The van der Waals surface area contributed by atoms with Crippen molar-refractivity contribution in [3.05, 3.63) is 35.9 Å². The van der Waals surface area contributed by atoms with Crippen molar-refractivity contribution in [2.75, 3.05) is 7.11 Å². The zero-order valence-electron chi connectivity index (χ0n) is 8.47. The normalized spacial score (nSPS) is 10.5. The quantitative estimate of drug-likeness (QED) is 0.343. The summed E-state index contributed by atoms with van der Waals surface area (Å²) >= 11 is 0. The molecule has 4 heteroatoms. The van der Waals surface area contributed by atoms with Crippen molar-refractivity contribution < 1.29 is 15.1 Å². The summed E-state index contributed by atoms with van der Waals surface area (Å²) in [6.45, 7) is 3.59. The van der Waals surface area contributed by atoms with E-state index in [1.165, 1.54) is 13.3 Å². The fraction of sp³-hybridized carbons (Fsp3) is 0.182. The molecule has 0 spiro atoms. The van der Waals surface area contributed by atoms with Crippen LogP contribution in [0.25, 0.3) is 0 Å². The van der Waals surface area contributed by atoms with Gasteiger partial charge >= 0.3 is 0 Å². The molecule has 2 N–H and O–H groups in total. The molecule has 0 atom stereocenters. The average Bonchev–Trinajstić information content (AvgIpc) is 2.23. The van der Waals surface area contributed by atoms with E-state index in [0.29, 0.717) is 23.3 Å². The van der Waals surface area contributed by atoms with Crippen LogP contribution in [0.5, 0.6) is 11.5 Å². The fourth-order valence-corrected chi connectivity index (χ4v) is 1.30. The molecule has 1 rings (SSSR count). The molecule has 0 radical (unpaired) electrons. The number of ether oxygens (including phenoxy) is 1. The number of phenols is 1. The second-order valence-corrected chi connectivity index (χ2v) is 2.97. The Morgan fingerprint density at radius 3 is 2.80 bits per heavy atom. The van der Waals surface area contributed by atoms with Gasteiger partial charge < -0.3 is 15.1 Å². The van der Waals surface area contributed by atoms with E-state index in [0.717, 1.165) is 0 Å². The van der Waals surface area contributed by atoms with E-state index in [9.17, 15) is 5.11 Å². The molecule has 0 fully saturated rings. The Morgan fingerprint density at radius 2 is 2.27 bits per heavy atom. The van der Waals surface area contributed by atoms with Crippen molar-refractivity contribution in [3.63, 3.8) is 0 Å². The number of nitrogens with zero attached hydrogens (tertiary/aromatic N) is 1. The van der Waals surface area contributed by atoms with Gasteiger partial charge in [-0.25, -0.2) is 0 Å². The molecule has 0 saturated carbocycles. The van der Waals surface area contributed by atoms with E-state index < -0.39 is 0 Å². The lowest BCUT2D eigenvalue weighted by Gasteiger charge is -2.08. The van der Waals surface area contributed by atoms with Gasteiger partial charge in [0.2, 0.25) is 0 Å². The molecule has 15 heavy (non-hydrogen) atoms. The van der Waals surface area contributed by atoms with Gasteiger partial charge in [0.1, 0.15) is 0 Å². The third-order valence-corrected chi connectivity index (χ3v) is 1.97. The van der Waals surface area contributed by atoms with E-state index in [4.69, 9.17) is 9.94 Å². The molecule has 0 unspecified atom stereocenters. The van der Waals surface area contributed by atoms with Crippen LogP contribution in [0, 0.1) is 0 Å². The Bertz CT molecular complexity index is 386. The van der Waals surface area contributed by atoms with Crippen LogP contribution in [0.15, 0.2) is 29.9 Å². The maximum Gasteiger partial charge on any atom is 0.161 e. The van der Waals surface area contributed by atoms with Crippen molar-refractivity contribution in [2.45, 2.75) is 6.42 Å². The standard InChI is InChI=1S/C11H13NO3/c1-3-4-9-5-8(7-12-14)6-10(15-2)11(9)13/h3,5-7,13-14H,1,4H2,2H3. The number of oxime groups is 1. The summed E-state index contributed by atoms with van der Waals surface area (Å²) in [4.78, 5) is 0. The number of allylic oxidation sites excluding steroid dienone is 1. The largest absolute Gasteiger partial charge is 0.504 e. The first-order valence-corrected chi connectivity index (χ1v) is 4.41. The van der Waals surface area contributed by atoms with Gasteiger partial charge in [0.15, 0.2) is 11.5 Å². The minimum atomic E-state index is 0.0903. The molecule has 0 aliphatic rings. The average molecular weight is 207 g/mol. The van der Waals surface area contributed by atoms with Crippen molar-refractivity contribution in [1.29, 1.82) is 0 Å². The lowest BCUT2D eigenvalue weighted by atomic mass is 10.1. The number of hydrogen-bond donors (Lipinski definition) is 2. The number of hydrogen-bond acceptors (Lipinski definition) is 4. The highest BCUT2D eigenvalue weighted by Gasteiger charge is 2.08. The summed E-state index contributed by atoms with van der Waals surface area (Å²) in [5.41, 5.74) is 1.34. The van der Waals surface area contributed by atoms with Crippen LogP contribution in [-0.2, 0) is 6.42 Å².